The molecule has 0 radical (unpaired) electrons. The van der Waals surface area contributed by atoms with Crippen molar-refractivity contribution in [2.24, 2.45) is 5.11 Å². The zero-order valence-corrected chi connectivity index (χ0v) is 7.98. The summed E-state index contributed by atoms with van der Waals surface area (Å²) in [6, 6.07) is 8.50. The Morgan fingerprint density at radius 2 is 2.29 bits per heavy atom. The first kappa shape index (κ1) is 8.97. The van der Waals surface area contributed by atoms with E-state index in [9.17, 15) is 0 Å². The van der Waals surface area contributed by atoms with Crippen LogP contribution in [0.1, 0.15) is 24.0 Å². The van der Waals surface area contributed by atoms with Crippen LogP contribution in [-0.4, -0.2) is 6.54 Å². The van der Waals surface area contributed by atoms with Crippen LogP contribution in [0.3, 0.4) is 0 Å². The Balaban J connectivity index is 1.84. The van der Waals surface area contributed by atoms with E-state index >= 15 is 0 Å². The Labute approximate surface area is 83.4 Å². The van der Waals surface area contributed by atoms with Gasteiger partial charge in [-0.15, -0.1) is 0 Å². The van der Waals surface area contributed by atoms with Gasteiger partial charge < -0.3 is 0 Å². The number of rotatable bonds is 4. The van der Waals surface area contributed by atoms with Crippen LogP contribution in [0.4, 0.5) is 0 Å². The SMILES string of the molecule is [N-]=[N+]=NCCC[C+]1Cc2ccccc21. The predicted molar refractivity (Wildman–Crippen MR) is 55.7 cm³/mol. The van der Waals surface area contributed by atoms with E-state index in [2.05, 4.69) is 34.3 Å². The lowest BCUT2D eigenvalue weighted by Crippen LogP contribution is -2.17. The first-order chi connectivity index (χ1) is 6.92. The molecule has 0 spiro atoms. The van der Waals surface area contributed by atoms with Crippen molar-refractivity contribution in [1.29, 1.82) is 0 Å². The van der Waals surface area contributed by atoms with Crippen molar-refractivity contribution >= 4 is 0 Å². The van der Waals surface area contributed by atoms with Crippen molar-refractivity contribution in [3.05, 3.63) is 51.8 Å². The van der Waals surface area contributed by atoms with Crippen LogP contribution < -0.4 is 0 Å². The van der Waals surface area contributed by atoms with E-state index in [1.807, 2.05) is 0 Å². The average molecular weight is 186 g/mol. The second-order valence-corrected chi connectivity index (χ2v) is 3.50. The molecule has 0 saturated heterocycles. The van der Waals surface area contributed by atoms with E-state index in [4.69, 9.17) is 5.53 Å². The third kappa shape index (κ3) is 1.68. The molecule has 1 aliphatic rings. The summed E-state index contributed by atoms with van der Waals surface area (Å²) in [6.07, 6.45) is 3.15. The minimum absolute atomic E-state index is 0.613. The second-order valence-electron chi connectivity index (χ2n) is 3.50. The molecule has 0 aromatic heterocycles. The van der Waals surface area contributed by atoms with Crippen molar-refractivity contribution in [2.75, 3.05) is 6.54 Å². The van der Waals surface area contributed by atoms with Crippen LogP contribution in [0, 0.1) is 5.92 Å². The smallest absolute Gasteiger partial charge is 0.0939 e. The summed E-state index contributed by atoms with van der Waals surface area (Å²) < 4.78 is 0. The molecule has 3 nitrogen and oxygen atoms in total. The number of nitrogens with zero attached hydrogens (tertiary/aromatic N) is 3. The largest absolute Gasteiger partial charge is 0.138 e. The number of hydrogen-bond acceptors (Lipinski definition) is 1. The highest BCUT2D eigenvalue weighted by Crippen LogP contribution is 2.36. The summed E-state index contributed by atoms with van der Waals surface area (Å²) in [6.45, 7) is 0.613. The molecule has 0 heterocycles. The summed E-state index contributed by atoms with van der Waals surface area (Å²) in [5, 5.41) is 3.53. The van der Waals surface area contributed by atoms with Crippen LogP contribution >= 0.6 is 0 Å². The fourth-order valence-electron chi connectivity index (χ4n) is 1.87. The zero-order valence-electron chi connectivity index (χ0n) is 7.98. The van der Waals surface area contributed by atoms with Crippen LogP contribution in [0.2, 0.25) is 0 Å². The summed E-state index contributed by atoms with van der Waals surface area (Å²) in [5.41, 5.74) is 11.0. The van der Waals surface area contributed by atoms with Gasteiger partial charge in [-0.25, -0.2) is 0 Å². The average Bonchev–Trinajstić information content (AvgIpc) is 2.19. The minimum atomic E-state index is 0.613. The molecule has 3 heteroatoms. The molecule has 0 bridgehead atoms. The Bertz CT molecular complexity index is 367. The van der Waals surface area contributed by atoms with Crippen LogP contribution in [0.25, 0.3) is 10.4 Å². The van der Waals surface area contributed by atoms with Crippen molar-refractivity contribution in [3.8, 4) is 0 Å². The monoisotopic (exact) mass is 186 g/mol. The molecule has 0 atom stereocenters. The molecular formula is C11H12N3+. The lowest BCUT2D eigenvalue weighted by molar-refractivity contribution is 0.700. The van der Waals surface area contributed by atoms with Gasteiger partial charge in [0.25, 0.3) is 0 Å². The van der Waals surface area contributed by atoms with Crippen molar-refractivity contribution in [2.45, 2.75) is 19.3 Å². The fraction of sp³-hybridized carbons (Fsp3) is 0.364. The Hall–Kier alpha value is -1.60. The van der Waals surface area contributed by atoms with Gasteiger partial charge in [0.15, 0.2) is 0 Å². The molecule has 0 fully saturated rings. The van der Waals surface area contributed by atoms with Crippen LogP contribution in [-0.2, 0) is 6.42 Å². The molecule has 1 aliphatic carbocycles. The molecule has 70 valence electrons. The lowest BCUT2D eigenvalue weighted by atomic mass is 9.75. The Kier molecular flexibility index (Phi) is 2.61. The van der Waals surface area contributed by atoms with Gasteiger partial charge in [-0.3, -0.25) is 0 Å². The van der Waals surface area contributed by atoms with E-state index in [0.717, 1.165) is 19.3 Å². The number of hydrogen-bond donors (Lipinski definition) is 0. The molecule has 0 saturated carbocycles. The maximum absolute atomic E-state index is 8.11. The van der Waals surface area contributed by atoms with Crippen molar-refractivity contribution < 1.29 is 0 Å². The van der Waals surface area contributed by atoms with E-state index in [-0.39, 0.29) is 0 Å². The molecule has 0 N–H and O–H groups in total. The molecular weight excluding hydrogens is 174 g/mol. The van der Waals surface area contributed by atoms with Crippen LogP contribution in [0.15, 0.2) is 29.4 Å². The Morgan fingerprint density at radius 3 is 3.07 bits per heavy atom. The third-order valence-electron chi connectivity index (χ3n) is 2.60. The van der Waals surface area contributed by atoms with Crippen LogP contribution in [0.5, 0.6) is 0 Å². The third-order valence-corrected chi connectivity index (χ3v) is 2.60. The quantitative estimate of drug-likeness (QED) is 0.228. The number of fused-ring (bicyclic) bond motifs is 1. The lowest BCUT2D eigenvalue weighted by Gasteiger charge is -2.19. The zero-order chi connectivity index (χ0) is 9.80. The van der Waals surface area contributed by atoms with Crippen molar-refractivity contribution in [3.63, 3.8) is 0 Å². The standard InChI is InChI=1S/C11H12N3/c12-14-13-7-3-5-10-8-9-4-1-2-6-11(9)10/h1-2,4,6H,3,5,7-8H2/q+1. The highest BCUT2D eigenvalue weighted by Gasteiger charge is 2.34. The molecule has 0 amide bonds. The van der Waals surface area contributed by atoms with Crippen molar-refractivity contribution in [1.82, 2.24) is 0 Å². The summed E-state index contributed by atoms with van der Waals surface area (Å²) >= 11 is 0. The highest BCUT2D eigenvalue weighted by atomic mass is 15.1. The molecule has 1 aromatic rings. The number of azide groups is 1. The van der Waals surface area contributed by atoms with Gasteiger partial charge in [-0.2, -0.15) is 0 Å². The van der Waals surface area contributed by atoms with Gasteiger partial charge in [-0.05, 0) is 24.1 Å². The molecule has 2 rings (SSSR count). The van der Waals surface area contributed by atoms with E-state index in [0.29, 0.717) is 6.54 Å². The molecule has 0 unspecified atom stereocenters. The first-order valence-electron chi connectivity index (χ1n) is 4.85. The topological polar surface area (TPSA) is 48.8 Å². The van der Waals surface area contributed by atoms with Gasteiger partial charge in [0.1, 0.15) is 5.56 Å². The molecule has 14 heavy (non-hydrogen) atoms. The molecule has 0 aliphatic heterocycles. The minimum Gasteiger partial charge on any atom is -0.0939 e. The van der Waals surface area contributed by atoms with Gasteiger partial charge in [-0.1, -0.05) is 5.11 Å². The Morgan fingerprint density at radius 1 is 1.43 bits per heavy atom. The second kappa shape index (κ2) is 4.07. The molecule has 1 aromatic carbocycles. The summed E-state index contributed by atoms with van der Waals surface area (Å²) in [5.74, 6) is 1.51. The first-order valence-corrected chi connectivity index (χ1v) is 4.85. The predicted octanol–water partition coefficient (Wildman–Crippen LogP) is 3.26. The van der Waals surface area contributed by atoms with Gasteiger partial charge >= 0.3 is 0 Å². The van der Waals surface area contributed by atoms with E-state index in [1.165, 1.54) is 17.0 Å². The van der Waals surface area contributed by atoms with Gasteiger partial charge in [0.05, 0.1) is 17.9 Å². The number of benzene rings is 1. The highest BCUT2D eigenvalue weighted by molar-refractivity contribution is 5.49. The maximum atomic E-state index is 8.11. The van der Waals surface area contributed by atoms with E-state index in [1.54, 1.807) is 0 Å². The maximum Gasteiger partial charge on any atom is 0.138 e. The summed E-state index contributed by atoms with van der Waals surface area (Å²) in [7, 11) is 0. The van der Waals surface area contributed by atoms with Gasteiger partial charge in [0, 0.05) is 30.0 Å². The van der Waals surface area contributed by atoms with Gasteiger partial charge in [0.2, 0.25) is 0 Å². The van der Waals surface area contributed by atoms with E-state index < -0.39 is 0 Å². The fourth-order valence-corrected chi connectivity index (χ4v) is 1.87. The summed E-state index contributed by atoms with van der Waals surface area (Å²) in [4.78, 5) is 2.74. The normalized spacial score (nSPS) is 12.7.